The lowest BCUT2D eigenvalue weighted by Gasteiger charge is -2.33. The number of hydrogen-bond acceptors (Lipinski definition) is 6. The van der Waals surface area contributed by atoms with Gasteiger partial charge in [-0.05, 0) is 19.8 Å². The maximum Gasteiger partial charge on any atom is 0.310 e. The number of guanidine groups is 1. The molecule has 9 heteroatoms. The Morgan fingerprint density at radius 3 is 2.75 bits per heavy atom. The van der Waals surface area contributed by atoms with Crippen molar-refractivity contribution in [3.05, 3.63) is 0 Å². The van der Waals surface area contributed by atoms with Gasteiger partial charge in [0, 0.05) is 32.9 Å². The molecule has 0 spiro atoms. The number of aliphatic imine (C=N–C) groups is 1. The van der Waals surface area contributed by atoms with Crippen LogP contribution in [0.4, 0.5) is 0 Å². The molecule has 0 aromatic rings. The van der Waals surface area contributed by atoms with Crippen molar-refractivity contribution >= 4 is 21.8 Å². The Bertz CT molecular complexity index is 521. The Morgan fingerprint density at radius 2 is 2.12 bits per heavy atom. The van der Waals surface area contributed by atoms with Gasteiger partial charge in [0.05, 0.1) is 31.5 Å². The van der Waals surface area contributed by atoms with Crippen LogP contribution < -0.4 is 5.32 Å². The second kappa shape index (κ2) is 10.5. The van der Waals surface area contributed by atoms with E-state index in [4.69, 9.17) is 9.47 Å². The molecule has 1 N–H and O–H groups in total. The number of esters is 1. The Labute approximate surface area is 144 Å². The van der Waals surface area contributed by atoms with Crippen LogP contribution in [-0.2, 0) is 24.1 Å². The predicted molar refractivity (Wildman–Crippen MR) is 92.8 cm³/mol. The monoisotopic (exact) mass is 363 g/mol. The van der Waals surface area contributed by atoms with Gasteiger partial charge < -0.3 is 19.7 Å². The summed E-state index contributed by atoms with van der Waals surface area (Å²) in [5, 5.41) is 3.18. The highest BCUT2D eigenvalue weighted by molar-refractivity contribution is 7.90. The lowest BCUT2D eigenvalue weighted by atomic mass is 9.98. The van der Waals surface area contributed by atoms with Gasteiger partial charge in [0.15, 0.2) is 5.96 Å². The fourth-order valence-electron chi connectivity index (χ4n) is 2.50. The van der Waals surface area contributed by atoms with E-state index in [1.54, 1.807) is 7.05 Å². The van der Waals surface area contributed by atoms with Crippen molar-refractivity contribution < 1.29 is 22.7 Å². The maximum atomic E-state index is 11.9. The average Bonchev–Trinajstić information content (AvgIpc) is 2.53. The third kappa shape index (κ3) is 7.96. The molecule has 0 amide bonds. The van der Waals surface area contributed by atoms with E-state index in [-0.39, 0.29) is 24.2 Å². The first kappa shape index (κ1) is 20.7. The van der Waals surface area contributed by atoms with Crippen LogP contribution in [-0.4, -0.2) is 83.8 Å². The van der Waals surface area contributed by atoms with Gasteiger partial charge >= 0.3 is 5.97 Å². The molecular formula is C15H29N3O5S. The highest BCUT2D eigenvalue weighted by Crippen LogP contribution is 2.17. The predicted octanol–water partition coefficient (Wildman–Crippen LogP) is -0.102. The zero-order valence-corrected chi connectivity index (χ0v) is 15.6. The molecular weight excluding hydrogens is 334 g/mol. The fourth-order valence-corrected chi connectivity index (χ4v) is 2.92. The second-order valence-electron chi connectivity index (χ2n) is 5.75. The molecule has 1 fully saturated rings. The summed E-state index contributed by atoms with van der Waals surface area (Å²) in [7, 11) is -1.29. The van der Waals surface area contributed by atoms with Gasteiger partial charge in [0.25, 0.3) is 0 Å². The third-order valence-electron chi connectivity index (χ3n) is 3.68. The molecule has 1 aliphatic rings. The second-order valence-corrected chi connectivity index (χ2v) is 8.01. The van der Waals surface area contributed by atoms with E-state index in [0.717, 1.165) is 25.3 Å². The van der Waals surface area contributed by atoms with Crippen LogP contribution in [0.2, 0.25) is 0 Å². The van der Waals surface area contributed by atoms with E-state index < -0.39 is 9.84 Å². The SMILES string of the molecule is CCOC(=O)C1CCCN(C(=NC)NCCOCCS(C)(=O)=O)C1. The lowest BCUT2D eigenvalue weighted by Crippen LogP contribution is -2.48. The van der Waals surface area contributed by atoms with E-state index in [1.807, 2.05) is 11.8 Å². The third-order valence-corrected chi connectivity index (χ3v) is 4.59. The molecule has 1 heterocycles. The number of carbonyl (C=O) groups excluding carboxylic acids is 1. The number of carbonyl (C=O) groups is 1. The molecule has 1 atom stereocenters. The summed E-state index contributed by atoms with van der Waals surface area (Å²) in [4.78, 5) is 18.2. The summed E-state index contributed by atoms with van der Waals surface area (Å²) in [5.74, 6) is 0.468. The number of sulfone groups is 1. The topological polar surface area (TPSA) is 97.3 Å². The van der Waals surface area contributed by atoms with Crippen molar-refractivity contribution in [3.8, 4) is 0 Å². The molecule has 0 radical (unpaired) electrons. The van der Waals surface area contributed by atoms with Crippen LogP contribution in [0, 0.1) is 5.92 Å². The molecule has 24 heavy (non-hydrogen) atoms. The van der Waals surface area contributed by atoms with Crippen molar-refractivity contribution in [3.63, 3.8) is 0 Å². The smallest absolute Gasteiger partial charge is 0.310 e. The molecule has 140 valence electrons. The van der Waals surface area contributed by atoms with Gasteiger partial charge in [-0.1, -0.05) is 0 Å². The molecule has 1 aliphatic heterocycles. The summed E-state index contributed by atoms with van der Waals surface area (Å²) >= 11 is 0. The minimum atomic E-state index is -2.99. The van der Waals surface area contributed by atoms with Crippen LogP contribution in [0.25, 0.3) is 0 Å². The minimum Gasteiger partial charge on any atom is -0.466 e. The molecule has 0 saturated carbocycles. The van der Waals surface area contributed by atoms with E-state index in [0.29, 0.717) is 26.3 Å². The fraction of sp³-hybridized carbons (Fsp3) is 0.867. The molecule has 1 rings (SSSR count). The number of hydrogen-bond donors (Lipinski definition) is 1. The van der Waals surface area contributed by atoms with E-state index >= 15 is 0 Å². The van der Waals surface area contributed by atoms with Crippen molar-refractivity contribution in [1.82, 2.24) is 10.2 Å². The first-order chi connectivity index (χ1) is 11.4. The van der Waals surface area contributed by atoms with Gasteiger partial charge in [-0.2, -0.15) is 0 Å². The number of ether oxygens (including phenoxy) is 2. The maximum absolute atomic E-state index is 11.9. The molecule has 1 unspecified atom stereocenters. The Hall–Kier alpha value is -1.35. The van der Waals surface area contributed by atoms with Crippen LogP contribution in [0.5, 0.6) is 0 Å². The van der Waals surface area contributed by atoms with Crippen LogP contribution in [0.15, 0.2) is 4.99 Å². The molecule has 0 aromatic carbocycles. The summed E-state index contributed by atoms with van der Waals surface area (Å²) < 4.78 is 32.4. The van der Waals surface area contributed by atoms with Crippen molar-refractivity contribution in [2.75, 3.05) is 58.5 Å². The van der Waals surface area contributed by atoms with E-state index in [1.165, 1.54) is 6.26 Å². The first-order valence-corrected chi connectivity index (χ1v) is 10.3. The zero-order chi connectivity index (χ0) is 18.0. The number of nitrogens with one attached hydrogen (secondary N) is 1. The Balaban J connectivity index is 2.34. The largest absolute Gasteiger partial charge is 0.466 e. The normalized spacial score (nSPS) is 19.2. The molecule has 0 aliphatic carbocycles. The Kier molecular flexibility index (Phi) is 9.05. The molecule has 1 saturated heterocycles. The highest BCUT2D eigenvalue weighted by Gasteiger charge is 2.28. The van der Waals surface area contributed by atoms with Crippen molar-refractivity contribution in [2.24, 2.45) is 10.9 Å². The summed E-state index contributed by atoms with van der Waals surface area (Å²) in [6, 6.07) is 0. The number of likely N-dealkylation sites (tertiary alicyclic amines) is 1. The van der Waals surface area contributed by atoms with E-state index in [2.05, 4.69) is 10.3 Å². The van der Waals surface area contributed by atoms with Gasteiger partial charge in [-0.15, -0.1) is 0 Å². The van der Waals surface area contributed by atoms with Gasteiger partial charge in [-0.25, -0.2) is 8.42 Å². The zero-order valence-electron chi connectivity index (χ0n) is 14.8. The summed E-state index contributed by atoms with van der Waals surface area (Å²) in [5.41, 5.74) is 0. The summed E-state index contributed by atoms with van der Waals surface area (Å²) in [6.07, 6.45) is 2.93. The standard InChI is InChI=1S/C15H29N3O5S/c1-4-23-14(19)13-6-5-8-18(12-13)15(16-2)17-7-9-22-10-11-24(3,20)21/h13H,4-12H2,1-3H3,(H,16,17). The molecule has 0 aromatic heterocycles. The average molecular weight is 363 g/mol. The van der Waals surface area contributed by atoms with Crippen molar-refractivity contribution in [1.29, 1.82) is 0 Å². The van der Waals surface area contributed by atoms with Crippen LogP contribution in [0.1, 0.15) is 19.8 Å². The summed E-state index contributed by atoms with van der Waals surface area (Å²) in [6.45, 7) is 4.74. The quantitative estimate of drug-likeness (QED) is 0.278. The van der Waals surface area contributed by atoms with Gasteiger partial charge in [0.1, 0.15) is 9.84 Å². The lowest BCUT2D eigenvalue weighted by molar-refractivity contribution is -0.149. The number of piperidine rings is 1. The Morgan fingerprint density at radius 1 is 1.38 bits per heavy atom. The van der Waals surface area contributed by atoms with Crippen LogP contribution in [0.3, 0.4) is 0 Å². The van der Waals surface area contributed by atoms with E-state index in [9.17, 15) is 13.2 Å². The van der Waals surface area contributed by atoms with Crippen molar-refractivity contribution in [2.45, 2.75) is 19.8 Å². The van der Waals surface area contributed by atoms with Crippen LogP contribution >= 0.6 is 0 Å². The molecule has 8 nitrogen and oxygen atoms in total. The number of nitrogens with zero attached hydrogens (tertiary/aromatic N) is 2. The van der Waals surface area contributed by atoms with Gasteiger partial charge in [-0.3, -0.25) is 9.79 Å². The number of rotatable bonds is 8. The molecule has 0 bridgehead atoms. The minimum absolute atomic E-state index is 0.0229. The highest BCUT2D eigenvalue weighted by atomic mass is 32.2. The first-order valence-electron chi connectivity index (χ1n) is 8.25. The van der Waals surface area contributed by atoms with Gasteiger partial charge in [0.2, 0.25) is 0 Å².